The monoisotopic (exact) mass is 234 g/mol. The molecule has 1 aromatic rings. The Morgan fingerprint density at radius 2 is 1.35 bits per heavy atom. The lowest BCUT2D eigenvalue weighted by Gasteiger charge is -2.24. The molecule has 1 unspecified atom stereocenters. The van der Waals surface area contributed by atoms with Gasteiger partial charge in [-0.3, -0.25) is 0 Å². The molecule has 0 aliphatic rings. The van der Waals surface area contributed by atoms with Crippen molar-refractivity contribution in [2.24, 2.45) is 0 Å². The molecule has 96 valence electrons. The molecule has 0 radical (unpaired) electrons. The van der Waals surface area contributed by atoms with Crippen LogP contribution in [0.3, 0.4) is 0 Å². The van der Waals surface area contributed by atoms with E-state index in [0.717, 1.165) is 36.2 Å². The van der Waals surface area contributed by atoms with Gasteiger partial charge in [0.1, 0.15) is 0 Å². The third kappa shape index (κ3) is 2.26. The summed E-state index contributed by atoms with van der Waals surface area (Å²) in [6.45, 7) is 10.9. The molecule has 17 heavy (non-hydrogen) atoms. The molecule has 0 spiro atoms. The first kappa shape index (κ1) is 13.9. The van der Waals surface area contributed by atoms with E-state index in [2.05, 4.69) is 27.7 Å². The number of hydrogen-bond acceptors (Lipinski definition) is 2. The van der Waals surface area contributed by atoms with E-state index >= 15 is 0 Å². The second kappa shape index (κ2) is 5.44. The summed E-state index contributed by atoms with van der Waals surface area (Å²) in [5, 5.41) is 0. The molecule has 0 bridgehead atoms. The standard InChI is InChI=1S/C15H26N2/c1-6-9(4)13-11(7-2)14(16)10(5)15(17)12(13)8-3/h9H,6-8,16-17H2,1-5H3. The van der Waals surface area contributed by atoms with Gasteiger partial charge in [0.2, 0.25) is 0 Å². The first-order valence-corrected chi connectivity index (χ1v) is 6.68. The van der Waals surface area contributed by atoms with Crippen LogP contribution in [-0.2, 0) is 12.8 Å². The zero-order valence-corrected chi connectivity index (χ0v) is 11.9. The van der Waals surface area contributed by atoms with Crippen molar-refractivity contribution in [2.45, 2.75) is 59.8 Å². The smallest absolute Gasteiger partial charge is 0.0399 e. The van der Waals surface area contributed by atoms with Gasteiger partial charge in [0.15, 0.2) is 0 Å². The molecule has 0 aliphatic carbocycles. The Morgan fingerprint density at radius 3 is 1.65 bits per heavy atom. The predicted octanol–water partition coefficient (Wildman–Crippen LogP) is 3.80. The second-order valence-electron chi connectivity index (χ2n) is 4.84. The van der Waals surface area contributed by atoms with E-state index in [4.69, 9.17) is 11.5 Å². The van der Waals surface area contributed by atoms with Crippen molar-refractivity contribution in [2.75, 3.05) is 11.5 Å². The van der Waals surface area contributed by atoms with Crippen molar-refractivity contribution >= 4 is 11.4 Å². The van der Waals surface area contributed by atoms with E-state index in [1.165, 1.54) is 16.7 Å². The lowest BCUT2D eigenvalue weighted by Crippen LogP contribution is -2.12. The Hall–Kier alpha value is -1.18. The van der Waals surface area contributed by atoms with Crippen LogP contribution in [0.15, 0.2) is 0 Å². The van der Waals surface area contributed by atoms with E-state index in [1.54, 1.807) is 0 Å². The molecule has 0 saturated carbocycles. The second-order valence-corrected chi connectivity index (χ2v) is 4.84. The third-order valence-electron chi connectivity index (χ3n) is 3.92. The molecule has 0 amide bonds. The zero-order valence-electron chi connectivity index (χ0n) is 11.9. The molecule has 0 fully saturated rings. The fraction of sp³-hybridized carbons (Fsp3) is 0.600. The first-order valence-electron chi connectivity index (χ1n) is 6.68. The molecular weight excluding hydrogens is 208 g/mol. The summed E-state index contributed by atoms with van der Waals surface area (Å²) < 4.78 is 0. The van der Waals surface area contributed by atoms with Crippen LogP contribution in [0, 0.1) is 6.92 Å². The van der Waals surface area contributed by atoms with Gasteiger partial charge in [-0.05, 0) is 54.4 Å². The molecule has 2 heteroatoms. The first-order chi connectivity index (χ1) is 7.99. The van der Waals surface area contributed by atoms with Gasteiger partial charge in [0.05, 0.1) is 0 Å². The molecule has 0 aliphatic heterocycles. The Morgan fingerprint density at radius 1 is 0.941 bits per heavy atom. The van der Waals surface area contributed by atoms with Crippen molar-refractivity contribution < 1.29 is 0 Å². The van der Waals surface area contributed by atoms with Gasteiger partial charge in [-0.2, -0.15) is 0 Å². The molecule has 0 saturated heterocycles. The molecule has 4 N–H and O–H groups in total. The maximum Gasteiger partial charge on any atom is 0.0399 e. The summed E-state index contributed by atoms with van der Waals surface area (Å²) >= 11 is 0. The van der Waals surface area contributed by atoms with Gasteiger partial charge < -0.3 is 11.5 Å². The molecule has 0 aromatic heterocycles. The Bertz CT molecular complexity index is 377. The minimum atomic E-state index is 0.532. The van der Waals surface area contributed by atoms with Crippen LogP contribution in [0.2, 0.25) is 0 Å². The average Bonchev–Trinajstić information content (AvgIpc) is 2.34. The SMILES string of the molecule is CCc1c(N)c(C)c(N)c(CC)c1C(C)CC. The van der Waals surface area contributed by atoms with Gasteiger partial charge in [0, 0.05) is 11.4 Å². The van der Waals surface area contributed by atoms with Crippen molar-refractivity contribution in [3.8, 4) is 0 Å². The van der Waals surface area contributed by atoms with Gasteiger partial charge in [0.25, 0.3) is 0 Å². The van der Waals surface area contributed by atoms with Gasteiger partial charge in [-0.25, -0.2) is 0 Å². The summed E-state index contributed by atoms with van der Waals surface area (Å²) in [6, 6.07) is 0. The van der Waals surface area contributed by atoms with Crippen molar-refractivity contribution in [3.63, 3.8) is 0 Å². The van der Waals surface area contributed by atoms with Crippen LogP contribution in [0.4, 0.5) is 11.4 Å². The van der Waals surface area contributed by atoms with Gasteiger partial charge >= 0.3 is 0 Å². The minimum absolute atomic E-state index is 0.532. The highest BCUT2D eigenvalue weighted by Gasteiger charge is 2.19. The van der Waals surface area contributed by atoms with Crippen molar-refractivity contribution in [1.82, 2.24) is 0 Å². The highest BCUT2D eigenvalue weighted by molar-refractivity contribution is 5.72. The largest absolute Gasteiger partial charge is 0.398 e. The van der Waals surface area contributed by atoms with Crippen LogP contribution in [-0.4, -0.2) is 0 Å². The summed E-state index contributed by atoms with van der Waals surface area (Å²) in [7, 11) is 0. The normalized spacial score (nSPS) is 12.8. The maximum atomic E-state index is 6.23. The predicted molar refractivity (Wildman–Crippen MR) is 77.5 cm³/mol. The fourth-order valence-electron chi connectivity index (χ4n) is 2.63. The van der Waals surface area contributed by atoms with E-state index < -0.39 is 0 Å². The lowest BCUT2D eigenvalue weighted by molar-refractivity contribution is 0.714. The van der Waals surface area contributed by atoms with Gasteiger partial charge in [-0.15, -0.1) is 0 Å². The van der Waals surface area contributed by atoms with E-state index in [-0.39, 0.29) is 0 Å². The van der Waals surface area contributed by atoms with Crippen LogP contribution in [0.25, 0.3) is 0 Å². The summed E-state index contributed by atoms with van der Waals surface area (Å²) in [4.78, 5) is 0. The number of benzene rings is 1. The Balaban J connectivity index is 3.63. The Labute approximate surface area is 105 Å². The minimum Gasteiger partial charge on any atom is -0.398 e. The highest BCUT2D eigenvalue weighted by atomic mass is 14.6. The average molecular weight is 234 g/mol. The van der Waals surface area contributed by atoms with Gasteiger partial charge in [-0.1, -0.05) is 27.7 Å². The fourth-order valence-corrected chi connectivity index (χ4v) is 2.63. The molecule has 0 heterocycles. The maximum absolute atomic E-state index is 6.23. The quantitative estimate of drug-likeness (QED) is 0.779. The number of nitrogen functional groups attached to an aromatic ring is 2. The third-order valence-corrected chi connectivity index (χ3v) is 3.92. The van der Waals surface area contributed by atoms with Crippen LogP contribution in [0.5, 0.6) is 0 Å². The van der Waals surface area contributed by atoms with Crippen molar-refractivity contribution in [1.29, 1.82) is 0 Å². The lowest BCUT2D eigenvalue weighted by atomic mass is 9.83. The highest BCUT2D eigenvalue weighted by Crippen LogP contribution is 2.37. The molecule has 2 nitrogen and oxygen atoms in total. The van der Waals surface area contributed by atoms with E-state index in [0.29, 0.717) is 5.92 Å². The van der Waals surface area contributed by atoms with Crippen molar-refractivity contribution in [3.05, 3.63) is 22.3 Å². The van der Waals surface area contributed by atoms with E-state index in [9.17, 15) is 0 Å². The number of hydrogen-bond donors (Lipinski definition) is 2. The molecular formula is C15H26N2. The number of anilines is 2. The zero-order chi connectivity index (χ0) is 13.2. The summed E-state index contributed by atoms with van der Waals surface area (Å²) in [6.07, 6.45) is 3.10. The topological polar surface area (TPSA) is 52.0 Å². The van der Waals surface area contributed by atoms with Crippen LogP contribution < -0.4 is 11.5 Å². The molecule has 1 rings (SSSR count). The molecule has 1 atom stereocenters. The van der Waals surface area contributed by atoms with Crippen LogP contribution >= 0.6 is 0 Å². The number of rotatable bonds is 4. The number of nitrogens with two attached hydrogens (primary N) is 2. The summed E-state index contributed by atoms with van der Waals surface area (Å²) in [5.41, 5.74) is 19.3. The Kier molecular flexibility index (Phi) is 4.44. The van der Waals surface area contributed by atoms with Crippen LogP contribution in [0.1, 0.15) is 62.3 Å². The summed E-state index contributed by atoms with van der Waals surface area (Å²) in [5.74, 6) is 0.532. The molecule has 1 aromatic carbocycles. The van der Waals surface area contributed by atoms with E-state index in [1.807, 2.05) is 6.92 Å².